The van der Waals surface area contributed by atoms with Gasteiger partial charge in [-0.05, 0) is 43.3 Å². The number of hydrogen-bond donors (Lipinski definition) is 2. The van der Waals surface area contributed by atoms with Crippen LogP contribution in [0.15, 0.2) is 18.2 Å². The summed E-state index contributed by atoms with van der Waals surface area (Å²) in [7, 11) is 0. The van der Waals surface area contributed by atoms with Gasteiger partial charge in [0.1, 0.15) is 12.4 Å². The Hall–Kier alpha value is -1.90. The van der Waals surface area contributed by atoms with Crippen LogP contribution in [0.1, 0.15) is 30.9 Å². The summed E-state index contributed by atoms with van der Waals surface area (Å²) in [6.45, 7) is 8.23. The van der Waals surface area contributed by atoms with E-state index in [0.717, 1.165) is 50.6 Å². The Morgan fingerprint density at radius 1 is 1.21 bits per heavy atom. The highest BCUT2D eigenvalue weighted by atomic mass is 32.1. The van der Waals surface area contributed by atoms with Gasteiger partial charge in [0, 0.05) is 50.2 Å². The molecule has 0 saturated carbocycles. The van der Waals surface area contributed by atoms with E-state index in [1.807, 2.05) is 11.0 Å². The third-order valence-electron chi connectivity index (χ3n) is 5.74. The Bertz CT molecular complexity index is 753. The molecule has 2 N–H and O–H groups in total. The van der Waals surface area contributed by atoms with Crippen molar-refractivity contribution in [2.75, 3.05) is 39.5 Å². The molecular weight excluding hydrogens is 388 g/mol. The molecule has 8 heteroatoms. The number of nitrogens with one attached hydrogen (secondary N) is 2. The number of rotatable bonds is 4. The van der Waals surface area contributed by atoms with Crippen molar-refractivity contribution in [2.24, 2.45) is 0 Å². The van der Waals surface area contributed by atoms with Gasteiger partial charge in [-0.3, -0.25) is 9.69 Å². The maximum Gasteiger partial charge on any atom is 0.225 e. The molecule has 3 heterocycles. The Balaban J connectivity index is 1.40. The minimum Gasteiger partial charge on any atom is -0.491 e. The van der Waals surface area contributed by atoms with Crippen molar-refractivity contribution < 1.29 is 14.3 Å². The lowest BCUT2D eigenvalue weighted by atomic mass is 10.0. The topological polar surface area (TPSA) is 66.1 Å². The molecule has 0 bridgehead atoms. The SMILES string of the molecule is C[C@@H]1C[C@@H](CC(=O)N2CCOc3ccc(CN4CCOCC4)cc3C2)NC(=S)N1. The minimum absolute atomic E-state index is 0.0857. The van der Waals surface area contributed by atoms with Crippen LogP contribution in [0.4, 0.5) is 0 Å². The molecule has 0 radical (unpaired) electrons. The number of thiocarbonyl (C=S) groups is 1. The zero-order valence-electron chi connectivity index (χ0n) is 17.0. The maximum atomic E-state index is 13.0. The average molecular weight is 419 g/mol. The highest BCUT2D eigenvalue weighted by molar-refractivity contribution is 7.80. The summed E-state index contributed by atoms with van der Waals surface area (Å²) in [5.41, 5.74) is 2.34. The van der Waals surface area contributed by atoms with Crippen LogP contribution in [-0.2, 0) is 22.6 Å². The quantitative estimate of drug-likeness (QED) is 0.714. The van der Waals surface area contributed by atoms with Crippen LogP contribution in [0.2, 0.25) is 0 Å². The Morgan fingerprint density at radius 2 is 2.03 bits per heavy atom. The van der Waals surface area contributed by atoms with Crippen molar-refractivity contribution in [2.45, 2.75) is 44.9 Å². The monoisotopic (exact) mass is 418 g/mol. The van der Waals surface area contributed by atoms with Crippen LogP contribution in [-0.4, -0.2) is 72.4 Å². The van der Waals surface area contributed by atoms with E-state index in [2.05, 4.69) is 34.6 Å². The first kappa shape index (κ1) is 20.4. The minimum atomic E-state index is 0.0857. The van der Waals surface area contributed by atoms with Crippen molar-refractivity contribution in [3.05, 3.63) is 29.3 Å². The summed E-state index contributed by atoms with van der Waals surface area (Å²) in [6.07, 6.45) is 1.34. The second-order valence-corrected chi connectivity index (χ2v) is 8.56. The van der Waals surface area contributed by atoms with Gasteiger partial charge in [0.05, 0.1) is 19.8 Å². The van der Waals surface area contributed by atoms with Crippen LogP contribution < -0.4 is 15.4 Å². The maximum absolute atomic E-state index is 13.0. The zero-order chi connectivity index (χ0) is 20.2. The lowest BCUT2D eigenvalue weighted by Crippen LogP contribution is -2.54. The fourth-order valence-electron chi connectivity index (χ4n) is 4.25. The molecule has 3 aliphatic heterocycles. The van der Waals surface area contributed by atoms with E-state index in [0.29, 0.717) is 31.2 Å². The molecule has 1 aromatic carbocycles. The molecule has 3 aliphatic rings. The smallest absolute Gasteiger partial charge is 0.225 e. The standard InChI is InChI=1S/C21H30N4O3S/c1-15-10-18(23-21(29)22-15)12-20(26)25-6-9-28-19-3-2-16(11-17(19)14-25)13-24-4-7-27-8-5-24/h2-3,11,15,18H,4-10,12-14H2,1H3,(H2,22,23,29)/t15-,18+/m1/s1. The van der Waals surface area contributed by atoms with E-state index < -0.39 is 0 Å². The predicted molar refractivity (Wildman–Crippen MR) is 115 cm³/mol. The summed E-state index contributed by atoms with van der Waals surface area (Å²) in [6, 6.07) is 6.75. The normalized spacial score (nSPS) is 25.3. The molecule has 0 spiro atoms. The van der Waals surface area contributed by atoms with Gasteiger partial charge in [0.15, 0.2) is 5.11 Å². The van der Waals surface area contributed by atoms with Crippen LogP contribution in [0.5, 0.6) is 5.75 Å². The molecule has 29 heavy (non-hydrogen) atoms. The predicted octanol–water partition coefficient (Wildman–Crippen LogP) is 1.25. The molecule has 0 aromatic heterocycles. The Kier molecular flexibility index (Phi) is 6.52. The fraction of sp³-hybridized carbons (Fsp3) is 0.619. The molecule has 2 saturated heterocycles. The van der Waals surface area contributed by atoms with Crippen LogP contribution >= 0.6 is 12.2 Å². The van der Waals surface area contributed by atoms with E-state index in [1.165, 1.54) is 5.56 Å². The van der Waals surface area contributed by atoms with Crippen molar-refractivity contribution in [3.8, 4) is 5.75 Å². The van der Waals surface area contributed by atoms with E-state index in [-0.39, 0.29) is 18.0 Å². The number of benzene rings is 1. The van der Waals surface area contributed by atoms with Crippen LogP contribution in [0.25, 0.3) is 0 Å². The molecule has 7 nitrogen and oxygen atoms in total. The van der Waals surface area contributed by atoms with Gasteiger partial charge in [-0.25, -0.2) is 0 Å². The number of hydrogen-bond acceptors (Lipinski definition) is 5. The van der Waals surface area contributed by atoms with Gasteiger partial charge in [-0.2, -0.15) is 0 Å². The molecule has 0 aliphatic carbocycles. The zero-order valence-corrected chi connectivity index (χ0v) is 17.8. The van der Waals surface area contributed by atoms with Gasteiger partial charge in [0.25, 0.3) is 0 Å². The van der Waals surface area contributed by atoms with Crippen LogP contribution in [0, 0.1) is 0 Å². The highest BCUT2D eigenvalue weighted by Gasteiger charge is 2.27. The molecule has 1 aromatic rings. The summed E-state index contributed by atoms with van der Waals surface area (Å²) in [5, 5.41) is 7.06. The van der Waals surface area contributed by atoms with E-state index in [9.17, 15) is 4.79 Å². The number of ether oxygens (including phenoxy) is 2. The highest BCUT2D eigenvalue weighted by Crippen LogP contribution is 2.26. The lowest BCUT2D eigenvalue weighted by molar-refractivity contribution is -0.132. The summed E-state index contributed by atoms with van der Waals surface area (Å²) in [5.74, 6) is 1.04. The summed E-state index contributed by atoms with van der Waals surface area (Å²) >= 11 is 5.25. The van der Waals surface area contributed by atoms with Gasteiger partial charge >= 0.3 is 0 Å². The number of carbonyl (C=O) groups excluding carboxylic acids is 1. The second kappa shape index (κ2) is 9.28. The molecule has 158 valence electrons. The van der Waals surface area contributed by atoms with E-state index >= 15 is 0 Å². The van der Waals surface area contributed by atoms with E-state index in [4.69, 9.17) is 21.7 Å². The van der Waals surface area contributed by atoms with Crippen molar-refractivity contribution in [1.29, 1.82) is 0 Å². The third-order valence-corrected chi connectivity index (χ3v) is 5.97. The molecule has 4 rings (SSSR count). The fourth-order valence-corrected chi connectivity index (χ4v) is 4.61. The Morgan fingerprint density at radius 3 is 2.83 bits per heavy atom. The number of fused-ring (bicyclic) bond motifs is 1. The number of amides is 1. The summed E-state index contributed by atoms with van der Waals surface area (Å²) < 4.78 is 11.4. The summed E-state index contributed by atoms with van der Waals surface area (Å²) in [4.78, 5) is 17.3. The molecular formula is C21H30N4O3S. The second-order valence-electron chi connectivity index (χ2n) is 8.15. The lowest BCUT2D eigenvalue weighted by Gasteiger charge is -2.32. The first-order chi connectivity index (χ1) is 14.1. The van der Waals surface area contributed by atoms with Crippen LogP contribution in [0.3, 0.4) is 0 Å². The molecule has 1 amide bonds. The molecule has 2 atom stereocenters. The molecule has 2 fully saturated rings. The molecule has 0 unspecified atom stereocenters. The number of nitrogens with zero attached hydrogens (tertiary/aromatic N) is 2. The number of carbonyl (C=O) groups is 1. The first-order valence-corrected chi connectivity index (χ1v) is 10.9. The van der Waals surface area contributed by atoms with Crippen molar-refractivity contribution in [3.63, 3.8) is 0 Å². The Labute approximate surface area is 177 Å². The van der Waals surface area contributed by atoms with Crippen molar-refractivity contribution >= 4 is 23.2 Å². The third kappa shape index (κ3) is 5.38. The van der Waals surface area contributed by atoms with Gasteiger partial charge < -0.3 is 25.0 Å². The average Bonchev–Trinajstić information content (AvgIpc) is 2.90. The van der Waals surface area contributed by atoms with Gasteiger partial charge in [0.2, 0.25) is 5.91 Å². The first-order valence-electron chi connectivity index (χ1n) is 10.5. The van der Waals surface area contributed by atoms with Gasteiger partial charge in [-0.15, -0.1) is 0 Å². The largest absolute Gasteiger partial charge is 0.491 e. The number of morpholine rings is 1. The van der Waals surface area contributed by atoms with Crippen molar-refractivity contribution in [1.82, 2.24) is 20.4 Å². The van der Waals surface area contributed by atoms with Gasteiger partial charge in [-0.1, -0.05) is 6.07 Å². The van der Waals surface area contributed by atoms with E-state index in [1.54, 1.807) is 0 Å².